The molecule has 4 aliphatic carbocycles. The number of fused-ring (bicyclic) bond motifs is 2. The summed E-state index contributed by atoms with van der Waals surface area (Å²) in [6.45, 7) is 0. The van der Waals surface area contributed by atoms with Crippen LogP contribution in [-0.2, 0) is 19.1 Å². The average Bonchev–Trinajstić information content (AvgIpc) is 3.11. The Hall–Kier alpha value is -2.11. The number of ether oxygens (including phenoxy) is 2. The van der Waals surface area contributed by atoms with Crippen LogP contribution in [0.4, 0.5) is 0 Å². The van der Waals surface area contributed by atoms with Crippen molar-refractivity contribution in [2.45, 2.75) is 37.8 Å². The number of carbonyl (C=O) groups excluding carboxylic acids is 2. The molecule has 1 heterocycles. The molecule has 1 aromatic rings. The molecule has 1 aromatic heterocycles. The summed E-state index contributed by atoms with van der Waals surface area (Å²) in [5.41, 5.74) is 0. The number of hydrogen-bond donors (Lipinski definition) is 0. The predicted molar refractivity (Wildman–Crippen MR) is 84.7 cm³/mol. The van der Waals surface area contributed by atoms with Crippen LogP contribution < -0.4 is 0 Å². The molecule has 0 N–H and O–H groups in total. The Kier molecular flexibility index (Phi) is 3.90. The summed E-state index contributed by atoms with van der Waals surface area (Å²) in [5, 5.41) is 0. The highest BCUT2D eigenvalue weighted by atomic mass is 16.5. The Labute approximate surface area is 140 Å². The van der Waals surface area contributed by atoms with Gasteiger partial charge >= 0.3 is 11.9 Å². The second-order valence-corrected chi connectivity index (χ2v) is 7.06. The monoisotopic (exact) mass is 330 g/mol. The largest absolute Gasteiger partial charge is 0.469 e. The molecule has 24 heavy (non-hydrogen) atoms. The SMILES string of the molecule is COC(=O)[C@H]1C2C=CC(CC2)[C@H]1C(=O)OC1CC(n2ccnc2)C1. The van der Waals surface area contributed by atoms with E-state index in [2.05, 4.69) is 17.1 Å². The van der Waals surface area contributed by atoms with Crippen molar-refractivity contribution >= 4 is 11.9 Å². The molecule has 4 aliphatic rings. The molecule has 2 saturated carbocycles. The van der Waals surface area contributed by atoms with E-state index in [0.29, 0.717) is 6.04 Å². The van der Waals surface area contributed by atoms with E-state index < -0.39 is 11.8 Å². The van der Waals surface area contributed by atoms with Crippen LogP contribution >= 0.6 is 0 Å². The third kappa shape index (κ3) is 2.54. The first-order chi connectivity index (χ1) is 11.7. The lowest BCUT2D eigenvalue weighted by molar-refractivity contribution is -0.173. The highest BCUT2D eigenvalue weighted by Crippen LogP contribution is 2.46. The number of aromatic nitrogens is 2. The molecule has 2 fully saturated rings. The van der Waals surface area contributed by atoms with E-state index in [1.165, 1.54) is 7.11 Å². The van der Waals surface area contributed by atoms with E-state index in [9.17, 15) is 9.59 Å². The van der Waals surface area contributed by atoms with Crippen molar-refractivity contribution in [3.05, 3.63) is 30.9 Å². The van der Waals surface area contributed by atoms with Crippen LogP contribution in [-0.4, -0.2) is 34.7 Å². The zero-order valence-corrected chi connectivity index (χ0v) is 13.7. The number of imidazole rings is 1. The normalized spacial score (nSPS) is 36.9. The zero-order chi connectivity index (χ0) is 16.7. The molecular weight excluding hydrogens is 308 g/mol. The lowest BCUT2D eigenvalue weighted by atomic mass is 9.62. The Morgan fingerprint density at radius 2 is 1.75 bits per heavy atom. The zero-order valence-electron chi connectivity index (χ0n) is 13.7. The lowest BCUT2D eigenvalue weighted by Crippen LogP contribution is -2.47. The molecular formula is C18H22N2O4. The van der Waals surface area contributed by atoms with Crippen molar-refractivity contribution in [2.75, 3.05) is 7.11 Å². The fourth-order valence-electron chi connectivity index (χ4n) is 4.38. The lowest BCUT2D eigenvalue weighted by Gasteiger charge is -2.43. The van der Waals surface area contributed by atoms with Gasteiger partial charge in [0.25, 0.3) is 0 Å². The summed E-state index contributed by atoms with van der Waals surface area (Å²) >= 11 is 0. The molecule has 0 spiro atoms. The molecule has 2 unspecified atom stereocenters. The van der Waals surface area contributed by atoms with Crippen molar-refractivity contribution in [3.8, 4) is 0 Å². The molecule has 2 bridgehead atoms. The fraction of sp³-hybridized carbons (Fsp3) is 0.611. The smallest absolute Gasteiger partial charge is 0.310 e. The van der Waals surface area contributed by atoms with Gasteiger partial charge in [-0.05, 0) is 24.7 Å². The van der Waals surface area contributed by atoms with Crippen molar-refractivity contribution in [1.82, 2.24) is 9.55 Å². The van der Waals surface area contributed by atoms with Gasteiger partial charge in [-0.3, -0.25) is 9.59 Å². The van der Waals surface area contributed by atoms with Gasteiger partial charge in [0.15, 0.2) is 0 Å². The van der Waals surface area contributed by atoms with Crippen LogP contribution in [0.3, 0.4) is 0 Å². The van der Waals surface area contributed by atoms with Crippen molar-refractivity contribution in [1.29, 1.82) is 0 Å². The summed E-state index contributed by atoms with van der Waals surface area (Å²) in [5.74, 6) is -1.13. The van der Waals surface area contributed by atoms with Crippen molar-refractivity contribution in [2.24, 2.45) is 23.7 Å². The van der Waals surface area contributed by atoms with E-state index in [4.69, 9.17) is 9.47 Å². The minimum atomic E-state index is -0.395. The molecule has 0 radical (unpaired) electrons. The van der Waals surface area contributed by atoms with Gasteiger partial charge in [0, 0.05) is 31.3 Å². The maximum absolute atomic E-state index is 12.7. The molecule has 0 aliphatic heterocycles. The Bertz CT molecular complexity index is 648. The summed E-state index contributed by atoms with van der Waals surface area (Å²) in [6.07, 6.45) is 13.1. The number of rotatable bonds is 4. The first-order valence-electron chi connectivity index (χ1n) is 8.61. The van der Waals surface area contributed by atoms with Crippen molar-refractivity contribution in [3.63, 3.8) is 0 Å². The summed E-state index contributed by atoms with van der Waals surface area (Å²) in [6, 6.07) is 0.351. The minimum Gasteiger partial charge on any atom is -0.469 e. The van der Waals surface area contributed by atoms with E-state index in [0.717, 1.165) is 25.7 Å². The quantitative estimate of drug-likeness (QED) is 0.625. The maximum Gasteiger partial charge on any atom is 0.310 e. The highest BCUT2D eigenvalue weighted by molar-refractivity contribution is 5.84. The van der Waals surface area contributed by atoms with Gasteiger partial charge < -0.3 is 14.0 Å². The molecule has 128 valence electrons. The minimum absolute atomic E-state index is 0.0624. The maximum atomic E-state index is 12.7. The Morgan fingerprint density at radius 3 is 2.29 bits per heavy atom. The number of esters is 2. The molecule has 0 saturated heterocycles. The Morgan fingerprint density at radius 1 is 1.08 bits per heavy atom. The molecule has 0 aromatic carbocycles. The first-order valence-corrected chi connectivity index (χ1v) is 8.61. The van der Waals surface area contributed by atoms with Crippen LogP contribution in [0.1, 0.15) is 31.7 Å². The van der Waals surface area contributed by atoms with Gasteiger partial charge in [-0.25, -0.2) is 4.98 Å². The van der Waals surface area contributed by atoms with Gasteiger partial charge in [-0.2, -0.15) is 0 Å². The van der Waals surface area contributed by atoms with Gasteiger partial charge in [0.1, 0.15) is 6.10 Å². The molecule has 4 atom stereocenters. The van der Waals surface area contributed by atoms with Crippen LogP contribution in [0.2, 0.25) is 0 Å². The van der Waals surface area contributed by atoms with Crippen molar-refractivity contribution < 1.29 is 19.1 Å². The highest BCUT2D eigenvalue weighted by Gasteiger charge is 2.50. The van der Waals surface area contributed by atoms with Gasteiger partial charge in [0.05, 0.1) is 25.3 Å². The molecule has 6 heteroatoms. The van der Waals surface area contributed by atoms with Gasteiger partial charge in [-0.1, -0.05) is 12.2 Å². The van der Waals surface area contributed by atoms with Crippen LogP contribution in [0.5, 0.6) is 0 Å². The first kappa shape index (κ1) is 15.4. The van der Waals surface area contributed by atoms with Crippen LogP contribution in [0.25, 0.3) is 0 Å². The number of methoxy groups -OCH3 is 1. The molecule has 5 rings (SSSR count). The van der Waals surface area contributed by atoms with Gasteiger partial charge in [0.2, 0.25) is 0 Å². The number of allylic oxidation sites excluding steroid dienone is 2. The average molecular weight is 330 g/mol. The topological polar surface area (TPSA) is 70.4 Å². The number of carbonyl (C=O) groups is 2. The van der Waals surface area contributed by atoms with Crippen LogP contribution in [0.15, 0.2) is 30.9 Å². The predicted octanol–water partition coefficient (Wildman–Crippen LogP) is 2.13. The van der Waals surface area contributed by atoms with E-state index in [1.54, 1.807) is 12.5 Å². The van der Waals surface area contributed by atoms with E-state index >= 15 is 0 Å². The summed E-state index contributed by atoms with van der Waals surface area (Å²) < 4.78 is 12.7. The second kappa shape index (κ2) is 6.07. The number of hydrogen-bond acceptors (Lipinski definition) is 5. The second-order valence-electron chi connectivity index (χ2n) is 7.06. The van der Waals surface area contributed by atoms with E-state index in [1.807, 2.05) is 10.8 Å². The Balaban J connectivity index is 1.40. The third-order valence-corrected chi connectivity index (χ3v) is 5.79. The summed E-state index contributed by atoms with van der Waals surface area (Å²) in [7, 11) is 1.39. The molecule has 0 amide bonds. The number of nitrogens with zero attached hydrogens (tertiary/aromatic N) is 2. The fourth-order valence-corrected chi connectivity index (χ4v) is 4.38. The van der Waals surface area contributed by atoms with Crippen LogP contribution in [0, 0.1) is 23.7 Å². The summed E-state index contributed by atoms with van der Waals surface area (Å²) in [4.78, 5) is 29.0. The standard InChI is InChI=1S/C18H22N2O4/c1-23-17(21)15-11-2-4-12(5-3-11)16(15)18(22)24-14-8-13(9-14)20-7-6-19-10-20/h2,4,6-7,10-16H,3,5,8-9H2,1H3/t11?,12?,13?,14?,15-,16+/m0/s1. The van der Waals surface area contributed by atoms with E-state index in [-0.39, 0.29) is 29.9 Å². The van der Waals surface area contributed by atoms with Gasteiger partial charge in [-0.15, -0.1) is 0 Å². The third-order valence-electron chi connectivity index (χ3n) is 5.79. The molecule has 6 nitrogen and oxygen atoms in total.